The van der Waals surface area contributed by atoms with Crippen molar-refractivity contribution in [1.82, 2.24) is 15.3 Å². The highest BCUT2D eigenvalue weighted by Gasteiger charge is 2.29. The molecule has 1 aliphatic rings. The van der Waals surface area contributed by atoms with Crippen LogP contribution >= 0.6 is 0 Å². The van der Waals surface area contributed by atoms with Gasteiger partial charge in [-0.25, -0.2) is 14.8 Å². The van der Waals surface area contributed by atoms with Gasteiger partial charge in [-0.1, -0.05) is 0 Å². The summed E-state index contributed by atoms with van der Waals surface area (Å²) < 4.78 is 0. The molecule has 1 heterocycles. The first-order valence-corrected chi connectivity index (χ1v) is 6.12. The third kappa shape index (κ3) is 3.09. The summed E-state index contributed by atoms with van der Waals surface area (Å²) in [6, 6.07) is 0.0183. The molecule has 0 spiro atoms. The van der Waals surface area contributed by atoms with Crippen LogP contribution in [-0.4, -0.2) is 36.1 Å². The van der Waals surface area contributed by atoms with E-state index >= 15 is 0 Å². The van der Waals surface area contributed by atoms with Crippen molar-refractivity contribution < 1.29 is 4.79 Å². The van der Waals surface area contributed by atoms with E-state index in [2.05, 4.69) is 20.6 Å². The molecule has 98 valence electrons. The third-order valence-electron chi connectivity index (χ3n) is 3.05. The lowest BCUT2D eigenvalue weighted by Gasteiger charge is -2.17. The van der Waals surface area contributed by atoms with Gasteiger partial charge in [-0.05, 0) is 25.7 Å². The lowest BCUT2D eigenvalue weighted by atomic mass is 10.2. The van der Waals surface area contributed by atoms with Crippen molar-refractivity contribution in [3.8, 4) is 0 Å². The monoisotopic (exact) mass is 249 g/mol. The van der Waals surface area contributed by atoms with E-state index in [0.29, 0.717) is 17.4 Å². The number of carbonyl (C=O) groups is 1. The quantitative estimate of drug-likeness (QED) is 0.847. The zero-order chi connectivity index (χ0) is 13.1. The van der Waals surface area contributed by atoms with Gasteiger partial charge in [0.05, 0.1) is 6.20 Å². The number of urea groups is 1. The standard InChI is InChI=1S/C12H19N5O/c1-8(9-4-5-9)15-12(18)16-10-6-13-7-14-11(10)17(2)3/h6-9H,4-5H2,1-3H3,(H2,15,16,18). The second-order valence-electron chi connectivity index (χ2n) is 4.88. The minimum Gasteiger partial charge on any atom is -0.361 e. The molecule has 1 fully saturated rings. The Balaban J connectivity index is 1.97. The van der Waals surface area contributed by atoms with E-state index in [4.69, 9.17) is 0 Å². The maximum Gasteiger partial charge on any atom is 0.319 e. The molecule has 0 radical (unpaired) electrons. The van der Waals surface area contributed by atoms with Crippen LogP contribution in [0.3, 0.4) is 0 Å². The molecule has 1 aliphatic carbocycles. The van der Waals surface area contributed by atoms with E-state index < -0.39 is 0 Å². The minimum absolute atomic E-state index is 0.202. The SMILES string of the molecule is CC(NC(=O)Nc1cncnc1N(C)C)C1CC1. The number of aromatic nitrogens is 2. The van der Waals surface area contributed by atoms with Crippen LogP contribution in [0, 0.1) is 5.92 Å². The normalized spacial score (nSPS) is 15.9. The summed E-state index contributed by atoms with van der Waals surface area (Å²) in [5.41, 5.74) is 0.614. The van der Waals surface area contributed by atoms with Crippen LogP contribution in [0.25, 0.3) is 0 Å². The molecule has 18 heavy (non-hydrogen) atoms. The fourth-order valence-electron chi connectivity index (χ4n) is 1.85. The number of hydrogen-bond acceptors (Lipinski definition) is 4. The topological polar surface area (TPSA) is 70.1 Å². The van der Waals surface area contributed by atoms with E-state index in [0.717, 1.165) is 0 Å². The van der Waals surface area contributed by atoms with Crippen molar-refractivity contribution in [2.45, 2.75) is 25.8 Å². The fraction of sp³-hybridized carbons (Fsp3) is 0.583. The molecular formula is C12H19N5O. The summed E-state index contributed by atoms with van der Waals surface area (Å²) in [5.74, 6) is 1.33. The van der Waals surface area contributed by atoms with Gasteiger partial charge >= 0.3 is 6.03 Å². The molecule has 1 aromatic heterocycles. The van der Waals surface area contributed by atoms with Gasteiger partial charge in [-0.2, -0.15) is 0 Å². The van der Waals surface area contributed by atoms with Crippen LogP contribution in [0.15, 0.2) is 12.5 Å². The van der Waals surface area contributed by atoms with E-state index in [1.54, 1.807) is 6.20 Å². The highest BCUT2D eigenvalue weighted by molar-refractivity contribution is 5.92. The second-order valence-corrected chi connectivity index (χ2v) is 4.88. The molecular weight excluding hydrogens is 230 g/mol. The molecule has 2 amide bonds. The Kier molecular flexibility index (Phi) is 3.64. The number of nitrogens with zero attached hydrogens (tertiary/aromatic N) is 3. The maximum atomic E-state index is 11.8. The van der Waals surface area contributed by atoms with E-state index in [-0.39, 0.29) is 12.1 Å². The van der Waals surface area contributed by atoms with Gasteiger partial charge in [0, 0.05) is 20.1 Å². The summed E-state index contributed by atoms with van der Waals surface area (Å²) in [7, 11) is 3.75. The Hall–Kier alpha value is -1.85. The van der Waals surface area contributed by atoms with Crippen molar-refractivity contribution in [3.05, 3.63) is 12.5 Å². The molecule has 0 aromatic carbocycles. The van der Waals surface area contributed by atoms with E-state index in [1.807, 2.05) is 25.9 Å². The Morgan fingerprint density at radius 2 is 2.22 bits per heavy atom. The van der Waals surface area contributed by atoms with Crippen LogP contribution in [0.2, 0.25) is 0 Å². The van der Waals surface area contributed by atoms with Crippen molar-refractivity contribution in [2.24, 2.45) is 5.92 Å². The zero-order valence-electron chi connectivity index (χ0n) is 11.0. The first-order valence-electron chi connectivity index (χ1n) is 6.12. The van der Waals surface area contributed by atoms with Crippen LogP contribution in [-0.2, 0) is 0 Å². The highest BCUT2D eigenvalue weighted by atomic mass is 16.2. The lowest BCUT2D eigenvalue weighted by molar-refractivity contribution is 0.248. The Labute approximate surface area is 107 Å². The van der Waals surface area contributed by atoms with E-state index in [9.17, 15) is 4.79 Å². The van der Waals surface area contributed by atoms with Gasteiger partial charge in [-0.3, -0.25) is 0 Å². The Bertz CT molecular complexity index is 430. The average molecular weight is 249 g/mol. The largest absolute Gasteiger partial charge is 0.361 e. The van der Waals surface area contributed by atoms with E-state index in [1.165, 1.54) is 19.2 Å². The predicted octanol–water partition coefficient (Wildman–Crippen LogP) is 1.46. The molecule has 2 rings (SSSR count). The smallest absolute Gasteiger partial charge is 0.319 e. The minimum atomic E-state index is -0.202. The highest BCUT2D eigenvalue weighted by Crippen LogP contribution is 2.32. The van der Waals surface area contributed by atoms with Crippen LogP contribution in [0.4, 0.5) is 16.3 Å². The Morgan fingerprint density at radius 3 is 2.83 bits per heavy atom. The van der Waals surface area contributed by atoms with Crippen LogP contribution < -0.4 is 15.5 Å². The first-order chi connectivity index (χ1) is 8.58. The van der Waals surface area contributed by atoms with Crippen molar-refractivity contribution >= 4 is 17.5 Å². The number of hydrogen-bond donors (Lipinski definition) is 2. The molecule has 0 bridgehead atoms. The molecule has 0 aliphatic heterocycles. The zero-order valence-corrected chi connectivity index (χ0v) is 11.0. The van der Waals surface area contributed by atoms with Gasteiger partial charge < -0.3 is 15.5 Å². The second kappa shape index (κ2) is 5.20. The van der Waals surface area contributed by atoms with Crippen LogP contribution in [0.1, 0.15) is 19.8 Å². The molecule has 0 saturated heterocycles. The lowest BCUT2D eigenvalue weighted by Crippen LogP contribution is -2.37. The number of amides is 2. The molecule has 6 nitrogen and oxygen atoms in total. The summed E-state index contributed by atoms with van der Waals surface area (Å²) in [4.78, 5) is 21.7. The van der Waals surface area contributed by atoms with Gasteiger partial charge in [-0.15, -0.1) is 0 Å². The molecule has 1 unspecified atom stereocenters. The molecule has 2 N–H and O–H groups in total. The van der Waals surface area contributed by atoms with Gasteiger partial charge in [0.2, 0.25) is 0 Å². The molecule has 1 saturated carbocycles. The number of rotatable bonds is 4. The summed E-state index contributed by atoms with van der Waals surface area (Å²) in [5, 5.41) is 5.72. The number of nitrogens with one attached hydrogen (secondary N) is 2. The molecule has 1 aromatic rings. The van der Waals surface area contributed by atoms with Crippen molar-refractivity contribution in [2.75, 3.05) is 24.3 Å². The Morgan fingerprint density at radius 1 is 1.50 bits per heavy atom. The van der Waals surface area contributed by atoms with Gasteiger partial charge in [0.25, 0.3) is 0 Å². The fourth-order valence-corrected chi connectivity index (χ4v) is 1.85. The summed E-state index contributed by atoms with van der Waals surface area (Å²) in [6.07, 6.45) is 5.48. The van der Waals surface area contributed by atoms with Gasteiger partial charge in [0.1, 0.15) is 12.0 Å². The van der Waals surface area contributed by atoms with Crippen molar-refractivity contribution in [3.63, 3.8) is 0 Å². The van der Waals surface area contributed by atoms with Gasteiger partial charge in [0.15, 0.2) is 5.82 Å². The summed E-state index contributed by atoms with van der Waals surface area (Å²) >= 11 is 0. The first kappa shape index (κ1) is 12.6. The maximum absolute atomic E-state index is 11.8. The molecule has 1 atom stereocenters. The predicted molar refractivity (Wildman–Crippen MR) is 70.7 cm³/mol. The third-order valence-corrected chi connectivity index (χ3v) is 3.05. The van der Waals surface area contributed by atoms with Crippen LogP contribution in [0.5, 0.6) is 0 Å². The summed E-state index contributed by atoms with van der Waals surface area (Å²) in [6.45, 7) is 2.03. The average Bonchev–Trinajstić information content (AvgIpc) is 3.12. The number of carbonyl (C=O) groups excluding carboxylic acids is 1. The number of anilines is 2. The van der Waals surface area contributed by atoms with Crippen molar-refractivity contribution in [1.29, 1.82) is 0 Å². The molecule has 6 heteroatoms.